The van der Waals surface area contributed by atoms with Gasteiger partial charge in [0.2, 0.25) is 5.95 Å². The zero-order valence-corrected chi connectivity index (χ0v) is 19.0. The quantitative estimate of drug-likeness (QED) is 0.707. The van der Waals surface area contributed by atoms with Crippen LogP contribution in [-0.4, -0.2) is 57.8 Å². The molecule has 3 heterocycles. The SMILES string of the molecule is CC1(C)CN(C2CC2)C(=O)c2c(F)cc(-c3nc(N)ncc3Cl)cc21.OC1CCCOC1. The Morgan fingerprint density at radius 2 is 2.06 bits per heavy atom. The monoisotopic (exact) mass is 462 g/mol. The van der Waals surface area contributed by atoms with Crippen LogP contribution in [-0.2, 0) is 10.2 Å². The van der Waals surface area contributed by atoms with Crippen molar-refractivity contribution in [2.75, 3.05) is 25.5 Å². The van der Waals surface area contributed by atoms with Crippen LogP contribution in [0.3, 0.4) is 0 Å². The van der Waals surface area contributed by atoms with Gasteiger partial charge in [0, 0.05) is 30.2 Å². The van der Waals surface area contributed by atoms with Crippen LogP contribution in [0.1, 0.15) is 55.5 Å². The molecule has 0 radical (unpaired) electrons. The number of nitrogens with zero attached hydrogens (tertiary/aromatic N) is 3. The van der Waals surface area contributed by atoms with E-state index in [2.05, 4.69) is 9.97 Å². The summed E-state index contributed by atoms with van der Waals surface area (Å²) < 4.78 is 19.9. The van der Waals surface area contributed by atoms with Crippen LogP contribution >= 0.6 is 11.6 Å². The fourth-order valence-corrected chi connectivity index (χ4v) is 4.41. The third-order valence-electron chi connectivity index (χ3n) is 6.02. The van der Waals surface area contributed by atoms with Gasteiger partial charge in [-0.15, -0.1) is 0 Å². The lowest BCUT2D eigenvalue weighted by molar-refractivity contribution is -0.00535. The number of hydrogen-bond donors (Lipinski definition) is 2. The van der Waals surface area contributed by atoms with Gasteiger partial charge in [0.15, 0.2) is 0 Å². The maximum Gasteiger partial charge on any atom is 0.257 e. The molecule has 1 saturated carbocycles. The Bertz CT molecular complexity index is 1020. The number of carbonyl (C=O) groups excluding carboxylic acids is 1. The van der Waals surface area contributed by atoms with Crippen molar-refractivity contribution in [3.05, 3.63) is 40.3 Å². The van der Waals surface area contributed by atoms with Crippen LogP contribution in [0.2, 0.25) is 5.02 Å². The molecule has 1 atom stereocenters. The molecule has 2 aliphatic heterocycles. The van der Waals surface area contributed by atoms with Crippen LogP contribution in [0.4, 0.5) is 10.3 Å². The normalized spacial score (nSPS) is 22.1. The smallest absolute Gasteiger partial charge is 0.257 e. The summed E-state index contributed by atoms with van der Waals surface area (Å²) in [6, 6.07) is 3.35. The minimum Gasteiger partial charge on any atom is -0.391 e. The van der Waals surface area contributed by atoms with E-state index in [1.54, 1.807) is 11.0 Å². The molecule has 3 aliphatic rings. The number of nitrogens with two attached hydrogens (primary N) is 1. The van der Waals surface area contributed by atoms with E-state index in [1.165, 1.54) is 12.3 Å². The molecule has 172 valence electrons. The Hall–Kier alpha value is -2.29. The number of halogens is 2. The van der Waals surface area contributed by atoms with Gasteiger partial charge in [0.1, 0.15) is 5.82 Å². The number of benzene rings is 1. The number of nitrogen functional groups attached to an aromatic ring is 1. The first-order valence-corrected chi connectivity index (χ1v) is 11.2. The van der Waals surface area contributed by atoms with Gasteiger partial charge in [0.25, 0.3) is 5.91 Å². The van der Waals surface area contributed by atoms with Gasteiger partial charge in [0.05, 0.1) is 35.2 Å². The fourth-order valence-electron chi connectivity index (χ4n) is 4.21. The molecular weight excluding hydrogens is 435 g/mol. The van der Waals surface area contributed by atoms with Crippen molar-refractivity contribution < 1.29 is 19.0 Å². The molecule has 0 bridgehead atoms. The summed E-state index contributed by atoms with van der Waals surface area (Å²) >= 11 is 6.16. The number of aromatic nitrogens is 2. The zero-order valence-electron chi connectivity index (χ0n) is 18.3. The van der Waals surface area contributed by atoms with Crippen molar-refractivity contribution in [3.63, 3.8) is 0 Å². The molecule has 0 spiro atoms. The highest BCUT2D eigenvalue weighted by molar-refractivity contribution is 6.32. The lowest BCUT2D eigenvalue weighted by Gasteiger charge is -2.40. The highest BCUT2D eigenvalue weighted by Crippen LogP contribution is 2.42. The summed E-state index contributed by atoms with van der Waals surface area (Å²) in [6.07, 6.45) is 5.12. The lowest BCUT2D eigenvalue weighted by atomic mass is 9.77. The van der Waals surface area contributed by atoms with E-state index >= 15 is 0 Å². The zero-order chi connectivity index (χ0) is 23.0. The highest BCUT2D eigenvalue weighted by Gasteiger charge is 2.44. The second kappa shape index (κ2) is 8.92. The van der Waals surface area contributed by atoms with Crippen LogP contribution < -0.4 is 5.73 Å². The van der Waals surface area contributed by atoms with Crippen LogP contribution in [0, 0.1) is 5.82 Å². The maximum atomic E-state index is 14.9. The number of aliphatic hydroxyl groups excluding tert-OH is 1. The molecule has 1 aromatic heterocycles. The molecule has 1 aromatic carbocycles. The average Bonchev–Trinajstić information content (AvgIpc) is 3.58. The first kappa shape index (κ1) is 22.9. The van der Waals surface area contributed by atoms with Gasteiger partial charge in [-0.05, 0) is 43.4 Å². The predicted molar refractivity (Wildman–Crippen MR) is 120 cm³/mol. The van der Waals surface area contributed by atoms with E-state index in [1.807, 2.05) is 13.8 Å². The van der Waals surface area contributed by atoms with Crippen molar-refractivity contribution >= 4 is 23.5 Å². The van der Waals surface area contributed by atoms with Crippen molar-refractivity contribution in [2.24, 2.45) is 0 Å². The molecule has 9 heteroatoms. The Morgan fingerprint density at radius 3 is 2.66 bits per heavy atom. The van der Waals surface area contributed by atoms with Crippen molar-refractivity contribution in [3.8, 4) is 11.3 Å². The van der Waals surface area contributed by atoms with Gasteiger partial charge in [-0.1, -0.05) is 25.4 Å². The molecule has 2 fully saturated rings. The summed E-state index contributed by atoms with van der Waals surface area (Å²) in [6.45, 7) is 5.99. The van der Waals surface area contributed by atoms with Crippen LogP contribution in [0.15, 0.2) is 18.3 Å². The molecule has 1 aliphatic carbocycles. The fraction of sp³-hybridized carbons (Fsp3) is 0.522. The summed E-state index contributed by atoms with van der Waals surface area (Å²) in [7, 11) is 0. The third-order valence-corrected chi connectivity index (χ3v) is 6.30. The van der Waals surface area contributed by atoms with Gasteiger partial charge >= 0.3 is 0 Å². The van der Waals surface area contributed by atoms with Gasteiger partial charge in [-0.25, -0.2) is 14.4 Å². The Kier molecular flexibility index (Phi) is 6.38. The summed E-state index contributed by atoms with van der Waals surface area (Å²) in [5.74, 6) is -0.717. The molecule has 32 heavy (non-hydrogen) atoms. The number of fused-ring (bicyclic) bond motifs is 1. The molecule has 2 aromatic rings. The van der Waals surface area contributed by atoms with Crippen molar-refractivity contribution in [2.45, 2.75) is 57.1 Å². The van der Waals surface area contributed by atoms with E-state index in [0.717, 1.165) is 32.3 Å². The number of carbonyl (C=O) groups is 1. The minimum atomic E-state index is -0.552. The molecule has 7 nitrogen and oxygen atoms in total. The Labute approximate surface area is 191 Å². The van der Waals surface area contributed by atoms with Crippen molar-refractivity contribution in [1.82, 2.24) is 14.9 Å². The third kappa shape index (κ3) is 4.72. The molecule has 5 rings (SSSR count). The minimum absolute atomic E-state index is 0.0628. The molecule has 1 saturated heterocycles. The van der Waals surface area contributed by atoms with E-state index in [9.17, 15) is 9.18 Å². The summed E-state index contributed by atoms with van der Waals surface area (Å²) in [4.78, 5) is 22.6. The number of rotatable bonds is 2. The topological polar surface area (TPSA) is 102 Å². The maximum absolute atomic E-state index is 14.9. The molecule has 3 N–H and O–H groups in total. The molecule has 1 amide bonds. The van der Waals surface area contributed by atoms with E-state index in [0.29, 0.717) is 30.0 Å². The van der Waals surface area contributed by atoms with E-state index in [-0.39, 0.29) is 40.0 Å². The predicted octanol–water partition coefficient (Wildman–Crippen LogP) is 3.57. The standard InChI is InChI=1S/C18H18ClFN4O.C5H10O2/c1-18(2)8-24(10-3-4-10)16(25)14-11(18)5-9(6-13(14)20)15-12(19)7-22-17(21)23-15;6-5-2-1-3-7-4-5/h5-7,10H,3-4,8H2,1-2H3,(H2,21,22,23);5-6H,1-4H2. The first-order valence-electron chi connectivity index (χ1n) is 10.9. The van der Waals surface area contributed by atoms with E-state index < -0.39 is 5.82 Å². The number of anilines is 1. The average molecular weight is 463 g/mol. The lowest BCUT2D eigenvalue weighted by Crippen LogP contribution is -2.48. The second-order valence-electron chi connectivity index (χ2n) is 9.22. The van der Waals surface area contributed by atoms with Gasteiger partial charge < -0.3 is 20.5 Å². The summed E-state index contributed by atoms with van der Waals surface area (Å²) in [5.41, 5.74) is 6.97. The molecular formula is C23H28ClFN4O3. The number of hydrogen-bond acceptors (Lipinski definition) is 6. The number of aliphatic hydroxyl groups is 1. The van der Waals surface area contributed by atoms with Crippen LogP contribution in [0.5, 0.6) is 0 Å². The highest BCUT2D eigenvalue weighted by atomic mass is 35.5. The van der Waals surface area contributed by atoms with Crippen LogP contribution in [0.25, 0.3) is 11.3 Å². The Morgan fingerprint density at radius 1 is 1.31 bits per heavy atom. The Balaban J connectivity index is 0.000000300. The van der Waals surface area contributed by atoms with Gasteiger partial charge in [-0.2, -0.15) is 0 Å². The summed E-state index contributed by atoms with van der Waals surface area (Å²) in [5, 5.41) is 9.07. The largest absolute Gasteiger partial charge is 0.391 e. The number of amides is 1. The molecule has 1 unspecified atom stereocenters. The first-order chi connectivity index (χ1) is 15.2. The number of ether oxygens (including phenoxy) is 1. The van der Waals surface area contributed by atoms with E-state index in [4.69, 9.17) is 27.2 Å². The van der Waals surface area contributed by atoms with Crippen molar-refractivity contribution in [1.29, 1.82) is 0 Å². The van der Waals surface area contributed by atoms with Gasteiger partial charge in [-0.3, -0.25) is 4.79 Å². The second-order valence-corrected chi connectivity index (χ2v) is 9.63.